The SMILES string of the molecule is CC[C@H](C)[C@@H]([C@@H](CC(=O)N1CCC[C@H]1[C@H](OC)[C@@H](C)C(=O)N[C@H](C)[C@@H](O)c1ccccc1)OC)N(C)C(=O)[C@@H](CC(=O)[C@H](C(C)C)N(C)C(=O)OCc1cc(NC(=O)CCC(=O)CCCOCCON)ccc1O[C@@H]1OC(OC=O)[C@@H](O)[C@H](O)C1O)C(C)C. The van der Waals surface area contributed by atoms with Crippen molar-refractivity contribution in [2.24, 2.45) is 35.5 Å². The molecular formula is C63H98N6O20. The normalized spacial score (nSPS) is 21.5. The number of amides is 5. The predicted octanol–water partition coefficient (Wildman–Crippen LogP) is 3.96. The molecule has 2 aromatic rings. The Hall–Kier alpha value is -6.20. The van der Waals surface area contributed by atoms with Crippen LogP contribution >= 0.6 is 0 Å². The van der Waals surface area contributed by atoms with Crippen molar-refractivity contribution in [2.75, 3.05) is 60.0 Å². The molecule has 500 valence electrons. The summed E-state index contributed by atoms with van der Waals surface area (Å²) < 4.78 is 39.3. The van der Waals surface area contributed by atoms with Crippen molar-refractivity contribution >= 4 is 53.4 Å². The van der Waals surface area contributed by atoms with Gasteiger partial charge in [0.2, 0.25) is 36.2 Å². The highest BCUT2D eigenvalue weighted by Gasteiger charge is 2.47. The Kier molecular flexibility index (Phi) is 31.5. The molecule has 26 nitrogen and oxygen atoms in total. The number of rotatable bonds is 38. The lowest BCUT2D eigenvalue weighted by Crippen LogP contribution is -2.59. The van der Waals surface area contributed by atoms with E-state index in [4.69, 9.17) is 39.1 Å². The number of nitrogens with two attached hydrogens (primary N) is 1. The number of nitrogens with zero attached hydrogens (tertiary/aromatic N) is 3. The van der Waals surface area contributed by atoms with E-state index in [1.54, 1.807) is 56.7 Å². The van der Waals surface area contributed by atoms with Gasteiger partial charge in [-0.05, 0) is 67.7 Å². The maximum atomic E-state index is 14.9. The van der Waals surface area contributed by atoms with Gasteiger partial charge >= 0.3 is 6.09 Å². The molecule has 2 unspecified atom stereocenters. The molecule has 0 aromatic heterocycles. The lowest BCUT2D eigenvalue weighted by atomic mass is 9.83. The summed E-state index contributed by atoms with van der Waals surface area (Å²) in [4.78, 5) is 118. The number of anilines is 1. The standard InChI is InChI=1S/C63H98N6O20/c1-13-38(6)53(49(82-11)33-51(74)69-27-17-22-46(69)58(83-12)39(7)59(79)65-40(8)54(75)41-19-15-14-16-20-41)67(9)60(80)45(36(2)3)32-47(72)52(37(4)5)68(10)63(81)85-34-42-31-43(66-50(73)26-24-44(71)21-18-28-84-29-30-87-64)23-25-48(42)88-62-57(78)55(76)56(77)61(89-62)86-35-70/h14-16,19-20,23,25,31,35-40,45-46,49,52-58,61-62,75-78H,13,17-18,21-22,24,26-30,32-34,64H2,1-12H3,(H,65,79)(H,66,73)/t38-,39+,40+,45-,46-,49+,52-,53-,54+,55-,56-,57?,58+,61?,62+/m0/s1. The summed E-state index contributed by atoms with van der Waals surface area (Å²) in [5, 5.41) is 48.3. The summed E-state index contributed by atoms with van der Waals surface area (Å²) in [6, 6.07) is 10.3. The predicted molar refractivity (Wildman–Crippen MR) is 324 cm³/mol. The number of aliphatic hydroxyl groups is 4. The zero-order chi connectivity index (χ0) is 66.2. The highest BCUT2D eigenvalue weighted by molar-refractivity contribution is 5.94. The third kappa shape index (κ3) is 21.5. The number of carbonyl (C=O) groups is 8. The van der Waals surface area contributed by atoms with Crippen molar-refractivity contribution in [2.45, 2.75) is 193 Å². The van der Waals surface area contributed by atoms with Gasteiger partial charge in [-0.15, -0.1) is 0 Å². The molecule has 2 fully saturated rings. The Bertz CT molecular complexity index is 2580. The monoisotopic (exact) mass is 1260 g/mol. The maximum Gasteiger partial charge on any atom is 0.410 e. The second kappa shape index (κ2) is 37.2. The first-order valence-electron chi connectivity index (χ1n) is 30.6. The number of ketones is 2. The Morgan fingerprint density at radius 2 is 1.52 bits per heavy atom. The number of methoxy groups -OCH3 is 2. The molecule has 2 aliphatic heterocycles. The van der Waals surface area contributed by atoms with Crippen LogP contribution in [0.1, 0.15) is 130 Å². The number of Topliss-reactive ketones (excluding diaryl/α,β-unsaturated/α-hetero) is 2. The smallest absolute Gasteiger partial charge is 0.410 e. The van der Waals surface area contributed by atoms with Gasteiger partial charge in [-0.1, -0.05) is 85.2 Å². The Labute approximate surface area is 522 Å². The topological polar surface area (TPSA) is 351 Å². The van der Waals surface area contributed by atoms with Gasteiger partial charge in [-0.3, -0.25) is 38.3 Å². The fraction of sp³-hybridized carbons (Fsp3) is 0.683. The van der Waals surface area contributed by atoms with E-state index in [0.717, 1.165) is 4.90 Å². The van der Waals surface area contributed by atoms with Crippen LogP contribution < -0.4 is 21.3 Å². The number of ether oxygens (including phenoxy) is 7. The van der Waals surface area contributed by atoms with Crippen LogP contribution in [-0.4, -0.2) is 205 Å². The molecular weight excluding hydrogens is 1160 g/mol. The fourth-order valence-corrected chi connectivity index (χ4v) is 11.6. The van der Waals surface area contributed by atoms with Crippen LogP contribution in [0.2, 0.25) is 0 Å². The first kappa shape index (κ1) is 75.3. The number of nitrogens with one attached hydrogen (secondary N) is 2. The number of likely N-dealkylation sites (tertiary alicyclic amines) is 1. The van der Waals surface area contributed by atoms with Crippen LogP contribution in [0.3, 0.4) is 0 Å². The van der Waals surface area contributed by atoms with Gasteiger partial charge < -0.3 is 79.0 Å². The molecule has 4 rings (SSSR count). The second-order valence-electron chi connectivity index (χ2n) is 23.8. The molecule has 8 N–H and O–H groups in total. The molecule has 2 heterocycles. The van der Waals surface area contributed by atoms with Gasteiger partial charge in [0.05, 0.1) is 68.0 Å². The van der Waals surface area contributed by atoms with E-state index in [1.807, 2.05) is 45.9 Å². The number of benzene rings is 2. The van der Waals surface area contributed by atoms with E-state index >= 15 is 0 Å². The molecule has 2 aliphatic rings. The van der Waals surface area contributed by atoms with E-state index in [-0.39, 0.29) is 104 Å². The Morgan fingerprint density at radius 1 is 0.831 bits per heavy atom. The van der Waals surface area contributed by atoms with Crippen molar-refractivity contribution in [1.82, 2.24) is 20.0 Å². The van der Waals surface area contributed by atoms with Crippen molar-refractivity contribution in [3.63, 3.8) is 0 Å². The van der Waals surface area contributed by atoms with Crippen molar-refractivity contribution in [3.8, 4) is 5.75 Å². The van der Waals surface area contributed by atoms with Gasteiger partial charge in [0.1, 0.15) is 36.5 Å². The molecule has 0 aliphatic carbocycles. The quantitative estimate of drug-likeness (QED) is 0.0284. The van der Waals surface area contributed by atoms with Crippen molar-refractivity contribution in [1.29, 1.82) is 0 Å². The van der Waals surface area contributed by atoms with Crippen LogP contribution in [0.5, 0.6) is 5.75 Å². The minimum Gasteiger partial charge on any atom is -0.461 e. The highest BCUT2D eigenvalue weighted by Crippen LogP contribution is 2.34. The van der Waals surface area contributed by atoms with Crippen LogP contribution in [0.25, 0.3) is 0 Å². The summed E-state index contributed by atoms with van der Waals surface area (Å²) in [5.41, 5.74) is 0.900. The van der Waals surface area contributed by atoms with Gasteiger partial charge in [0.25, 0.3) is 6.47 Å². The summed E-state index contributed by atoms with van der Waals surface area (Å²) in [6.07, 6.45) is -10.7. The van der Waals surface area contributed by atoms with Gasteiger partial charge in [0, 0.05) is 84.3 Å². The van der Waals surface area contributed by atoms with E-state index in [0.29, 0.717) is 44.4 Å². The van der Waals surface area contributed by atoms with E-state index < -0.39 is 116 Å². The first-order valence-corrected chi connectivity index (χ1v) is 30.6. The van der Waals surface area contributed by atoms with Crippen LogP contribution in [0.4, 0.5) is 10.5 Å². The minimum absolute atomic E-state index is 0.0288. The molecule has 89 heavy (non-hydrogen) atoms. The molecule has 2 saturated heterocycles. The summed E-state index contributed by atoms with van der Waals surface area (Å²) in [5.74, 6) is 0.125. The molecule has 2 aromatic carbocycles. The van der Waals surface area contributed by atoms with Gasteiger partial charge in [-0.2, -0.15) is 0 Å². The fourth-order valence-electron chi connectivity index (χ4n) is 11.6. The zero-order valence-corrected chi connectivity index (χ0v) is 53.7. The van der Waals surface area contributed by atoms with E-state index in [1.165, 1.54) is 39.5 Å². The highest BCUT2D eigenvalue weighted by atomic mass is 16.8. The first-order chi connectivity index (χ1) is 42.3. The van der Waals surface area contributed by atoms with E-state index in [9.17, 15) is 58.8 Å². The summed E-state index contributed by atoms with van der Waals surface area (Å²) >= 11 is 0. The number of hydrogen-bond donors (Lipinski definition) is 7. The summed E-state index contributed by atoms with van der Waals surface area (Å²) in [6.45, 7) is 15.1. The number of aliphatic hydroxyl groups excluding tert-OH is 4. The van der Waals surface area contributed by atoms with Crippen LogP contribution in [0, 0.1) is 29.6 Å². The second-order valence-corrected chi connectivity index (χ2v) is 23.8. The lowest BCUT2D eigenvalue weighted by molar-refractivity contribution is -0.321. The Morgan fingerprint density at radius 3 is 2.13 bits per heavy atom. The minimum atomic E-state index is -1.90. The van der Waals surface area contributed by atoms with Crippen molar-refractivity contribution in [3.05, 3.63) is 59.7 Å². The third-order valence-electron chi connectivity index (χ3n) is 16.8. The van der Waals surface area contributed by atoms with E-state index in [2.05, 4.69) is 15.5 Å². The molecule has 0 spiro atoms. The average Bonchev–Trinajstić information content (AvgIpc) is 2.69. The summed E-state index contributed by atoms with van der Waals surface area (Å²) in [7, 11) is 6.01. The maximum absolute atomic E-state index is 14.9. The number of likely N-dealkylation sites (N-methyl/N-ethyl adjacent to an activating group) is 2. The average molecular weight is 1260 g/mol. The van der Waals surface area contributed by atoms with Crippen LogP contribution in [0.15, 0.2) is 48.5 Å². The van der Waals surface area contributed by atoms with Gasteiger partial charge in [-0.25, -0.2) is 10.7 Å². The lowest BCUT2D eigenvalue weighted by Gasteiger charge is -2.41. The Balaban J connectivity index is 1.50. The van der Waals surface area contributed by atoms with Crippen molar-refractivity contribution < 1.29 is 96.8 Å². The molecule has 0 bridgehead atoms. The number of hydrogen-bond acceptors (Lipinski definition) is 21. The molecule has 26 heteroatoms. The number of carbonyl (C=O) groups excluding carboxylic acids is 8. The van der Waals surface area contributed by atoms with Gasteiger partial charge in [0.15, 0.2) is 5.78 Å². The molecule has 0 radical (unpaired) electrons. The molecule has 0 saturated carbocycles. The third-order valence-corrected chi connectivity index (χ3v) is 16.8. The molecule has 5 amide bonds. The molecule has 15 atom stereocenters. The zero-order valence-electron chi connectivity index (χ0n) is 53.7. The largest absolute Gasteiger partial charge is 0.461 e. The van der Waals surface area contributed by atoms with Crippen LogP contribution in [-0.2, 0) is 73.4 Å².